The van der Waals surface area contributed by atoms with Crippen LogP contribution in [0.2, 0.25) is 0 Å². The Hall–Kier alpha value is -2.70. The molecule has 24 heavy (non-hydrogen) atoms. The highest BCUT2D eigenvalue weighted by atomic mass is 19.1. The van der Waals surface area contributed by atoms with Crippen LogP contribution in [0.3, 0.4) is 0 Å². The van der Waals surface area contributed by atoms with Crippen molar-refractivity contribution in [1.82, 2.24) is 20.0 Å². The Morgan fingerprint density at radius 1 is 1.33 bits per heavy atom. The van der Waals surface area contributed by atoms with Gasteiger partial charge in [-0.05, 0) is 19.9 Å². The van der Waals surface area contributed by atoms with Gasteiger partial charge in [0.15, 0.2) is 5.69 Å². The summed E-state index contributed by atoms with van der Waals surface area (Å²) >= 11 is 0. The maximum absolute atomic E-state index is 13.8. The molecule has 0 aliphatic carbocycles. The Bertz CT molecular complexity index is 785. The molecular formula is C17H19FN4O2. The minimum atomic E-state index is -0.332. The largest absolute Gasteiger partial charge is 0.348 e. The summed E-state index contributed by atoms with van der Waals surface area (Å²) in [6.07, 6.45) is 0. The van der Waals surface area contributed by atoms with Crippen LogP contribution in [0.1, 0.15) is 40.4 Å². The first-order chi connectivity index (χ1) is 11.5. The first-order valence-corrected chi connectivity index (χ1v) is 7.87. The second-order valence-corrected chi connectivity index (χ2v) is 6.08. The molecule has 1 aliphatic heterocycles. The lowest BCUT2D eigenvalue weighted by Crippen LogP contribution is -2.40. The summed E-state index contributed by atoms with van der Waals surface area (Å²) in [5.74, 6) is -0.887. The topological polar surface area (TPSA) is 67.2 Å². The van der Waals surface area contributed by atoms with Gasteiger partial charge in [-0.1, -0.05) is 18.2 Å². The summed E-state index contributed by atoms with van der Waals surface area (Å²) in [4.78, 5) is 26.2. The molecule has 0 radical (unpaired) electrons. The minimum absolute atomic E-state index is 0.00974. The third-order valence-electron chi connectivity index (χ3n) is 3.84. The number of benzene rings is 1. The SMILES string of the molecule is CC(C)NC(=O)c1cc2n(n1)CCN(Cc1ccccc1F)C2=O. The van der Waals surface area contributed by atoms with Gasteiger partial charge in [0.1, 0.15) is 11.5 Å². The highest BCUT2D eigenvalue weighted by molar-refractivity contribution is 5.98. The van der Waals surface area contributed by atoms with Crippen molar-refractivity contribution in [2.45, 2.75) is 33.0 Å². The standard InChI is InChI=1S/C17H19FN4O2/c1-11(2)19-16(23)14-9-15-17(24)21(7-8-22(15)20-14)10-12-5-3-4-6-13(12)18/h3-6,9,11H,7-8,10H2,1-2H3,(H,19,23). The average molecular weight is 330 g/mol. The van der Waals surface area contributed by atoms with Crippen molar-refractivity contribution in [3.8, 4) is 0 Å². The van der Waals surface area contributed by atoms with E-state index in [0.717, 1.165) is 0 Å². The van der Waals surface area contributed by atoms with E-state index in [0.29, 0.717) is 24.3 Å². The molecule has 6 nitrogen and oxygen atoms in total. The van der Waals surface area contributed by atoms with Crippen molar-refractivity contribution in [3.63, 3.8) is 0 Å². The fourth-order valence-electron chi connectivity index (χ4n) is 2.67. The Morgan fingerprint density at radius 3 is 2.79 bits per heavy atom. The number of rotatable bonds is 4. The summed E-state index contributed by atoms with van der Waals surface area (Å²) in [6, 6.07) is 7.88. The fourth-order valence-corrected chi connectivity index (χ4v) is 2.67. The van der Waals surface area contributed by atoms with Crippen molar-refractivity contribution < 1.29 is 14.0 Å². The molecule has 1 aromatic heterocycles. The number of nitrogens with one attached hydrogen (secondary N) is 1. The number of carbonyl (C=O) groups is 2. The predicted octanol–water partition coefficient (Wildman–Crippen LogP) is 1.82. The Kier molecular flexibility index (Phi) is 4.33. The van der Waals surface area contributed by atoms with E-state index in [-0.39, 0.29) is 35.9 Å². The van der Waals surface area contributed by atoms with E-state index >= 15 is 0 Å². The maximum Gasteiger partial charge on any atom is 0.272 e. The second-order valence-electron chi connectivity index (χ2n) is 6.08. The van der Waals surface area contributed by atoms with Gasteiger partial charge in [0, 0.05) is 30.8 Å². The van der Waals surface area contributed by atoms with E-state index in [9.17, 15) is 14.0 Å². The number of halogens is 1. The minimum Gasteiger partial charge on any atom is -0.348 e. The number of hydrogen-bond acceptors (Lipinski definition) is 3. The molecule has 2 aromatic rings. The van der Waals surface area contributed by atoms with Crippen molar-refractivity contribution in [1.29, 1.82) is 0 Å². The third-order valence-corrected chi connectivity index (χ3v) is 3.84. The average Bonchev–Trinajstić information content (AvgIpc) is 2.97. The molecule has 0 fully saturated rings. The van der Waals surface area contributed by atoms with Crippen LogP contribution in [0.25, 0.3) is 0 Å². The molecule has 0 unspecified atom stereocenters. The molecule has 2 heterocycles. The van der Waals surface area contributed by atoms with Crippen LogP contribution in [-0.4, -0.2) is 39.1 Å². The Morgan fingerprint density at radius 2 is 2.08 bits per heavy atom. The number of aromatic nitrogens is 2. The molecule has 126 valence electrons. The molecule has 1 aliphatic rings. The van der Waals surface area contributed by atoms with Gasteiger partial charge in [-0.3, -0.25) is 14.3 Å². The molecule has 1 N–H and O–H groups in total. The van der Waals surface area contributed by atoms with E-state index in [1.807, 2.05) is 13.8 Å². The van der Waals surface area contributed by atoms with E-state index in [1.165, 1.54) is 16.8 Å². The number of nitrogens with zero attached hydrogens (tertiary/aromatic N) is 3. The molecule has 0 atom stereocenters. The summed E-state index contributed by atoms with van der Waals surface area (Å²) in [6.45, 7) is 4.81. The van der Waals surface area contributed by atoms with Crippen LogP contribution in [0, 0.1) is 5.82 Å². The molecule has 3 rings (SSSR count). The van der Waals surface area contributed by atoms with Gasteiger partial charge < -0.3 is 10.2 Å². The van der Waals surface area contributed by atoms with Crippen LogP contribution in [-0.2, 0) is 13.1 Å². The van der Waals surface area contributed by atoms with Gasteiger partial charge in [0.25, 0.3) is 11.8 Å². The second kappa shape index (κ2) is 6.43. The smallest absolute Gasteiger partial charge is 0.272 e. The lowest BCUT2D eigenvalue weighted by atomic mass is 10.1. The van der Waals surface area contributed by atoms with E-state index in [2.05, 4.69) is 10.4 Å². The number of amides is 2. The van der Waals surface area contributed by atoms with Crippen LogP contribution in [0.15, 0.2) is 30.3 Å². The zero-order chi connectivity index (χ0) is 17.3. The van der Waals surface area contributed by atoms with Gasteiger partial charge in [0.2, 0.25) is 0 Å². The van der Waals surface area contributed by atoms with Gasteiger partial charge in [-0.25, -0.2) is 4.39 Å². The van der Waals surface area contributed by atoms with Crippen molar-refractivity contribution in [2.24, 2.45) is 0 Å². The van der Waals surface area contributed by atoms with Gasteiger partial charge in [-0.2, -0.15) is 5.10 Å². The zero-order valence-corrected chi connectivity index (χ0v) is 13.6. The summed E-state index contributed by atoms with van der Waals surface area (Å²) in [5.41, 5.74) is 1.04. The fraction of sp³-hybridized carbons (Fsp3) is 0.353. The Labute approximate surface area is 139 Å². The first-order valence-electron chi connectivity index (χ1n) is 7.87. The zero-order valence-electron chi connectivity index (χ0n) is 13.6. The van der Waals surface area contributed by atoms with Crippen molar-refractivity contribution in [2.75, 3.05) is 6.54 Å². The summed E-state index contributed by atoms with van der Waals surface area (Å²) in [5, 5.41) is 6.95. The molecule has 2 amide bonds. The lowest BCUT2D eigenvalue weighted by Gasteiger charge is -2.27. The highest BCUT2D eigenvalue weighted by Gasteiger charge is 2.28. The van der Waals surface area contributed by atoms with Crippen LogP contribution in [0.5, 0.6) is 0 Å². The quantitative estimate of drug-likeness (QED) is 0.930. The molecular weight excluding hydrogens is 311 g/mol. The monoisotopic (exact) mass is 330 g/mol. The molecule has 7 heteroatoms. The lowest BCUT2D eigenvalue weighted by molar-refractivity contribution is 0.0681. The summed E-state index contributed by atoms with van der Waals surface area (Å²) in [7, 11) is 0. The van der Waals surface area contributed by atoms with E-state index in [4.69, 9.17) is 0 Å². The molecule has 0 saturated carbocycles. The normalized spacial score (nSPS) is 14.0. The number of carbonyl (C=O) groups excluding carboxylic acids is 2. The van der Waals surface area contributed by atoms with E-state index < -0.39 is 0 Å². The van der Waals surface area contributed by atoms with Gasteiger partial charge in [-0.15, -0.1) is 0 Å². The van der Waals surface area contributed by atoms with Crippen LogP contribution < -0.4 is 5.32 Å². The highest BCUT2D eigenvalue weighted by Crippen LogP contribution is 2.18. The van der Waals surface area contributed by atoms with Gasteiger partial charge >= 0.3 is 0 Å². The predicted molar refractivity (Wildman–Crippen MR) is 86.0 cm³/mol. The van der Waals surface area contributed by atoms with E-state index in [1.54, 1.807) is 23.1 Å². The molecule has 0 bridgehead atoms. The number of hydrogen-bond donors (Lipinski definition) is 1. The maximum atomic E-state index is 13.8. The van der Waals surface area contributed by atoms with Crippen molar-refractivity contribution >= 4 is 11.8 Å². The Balaban J connectivity index is 1.79. The van der Waals surface area contributed by atoms with Crippen LogP contribution >= 0.6 is 0 Å². The first kappa shape index (κ1) is 16.2. The molecule has 1 aromatic carbocycles. The molecule has 0 saturated heterocycles. The summed E-state index contributed by atoms with van der Waals surface area (Å²) < 4.78 is 15.3. The number of fused-ring (bicyclic) bond motifs is 1. The third kappa shape index (κ3) is 3.15. The molecule has 0 spiro atoms. The van der Waals surface area contributed by atoms with Crippen LogP contribution in [0.4, 0.5) is 4.39 Å². The van der Waals surface area contributed by atoms with Crippen molar-refractivity contribution in [3.05, 3.63) is 53.1 Å². The van der Waals surface area contributed by atoms with Gasteiger partial charge in [0.05, 0.1) is 6.54 Å².